The molecule has 1 saturated heterocycles. The number of carbonyl (C=O) groups excluding carboxylic acids is 1. The molecule has 0 spiro atoms. The number of amides is 1. The van der Waals surface area contributed by atoms with Crippen molar-refractivity contribution in [3.63, 3.8) is 0 Å². The van der Waals surface area contributed by atoms with Crippen molar-refractivity contribution in [2.45, 2.75) is 18.8 Å². The van der Waals surface area contributed by atoms with Gasteiger partial charge in [0, 0.05) is 12.5 Å². The molecule has 0 saturated carbocycles. The van der Waals surface area contributed by atoms with Crippen molar-refractivity contribution in [2.75, 3.05) is 19.6 Å². The van der Waals surface area contributed by atoms with E-state index in [0.717, 1.165) is 38.0 Å². The molecule has 1 heterocycles. The molecule has 1 aliphatic heterocycles. The summed E-state index contributed by atoms with van der Waals surface area (Å²) in [7, 11) is 0. The standard InChI is InChI=1S/C15H19N3O/c16-10-14(12-4-2-1-3-5-12)11-18-8-6-13(7-9-18)15(17)19/h1-5,13-14H,6-9,11H2,(H2,17,19). The Labute approximate surface area is 113 Å². The molecule has 1 fully saturated rings. The predicted molar refractivity (Wildman–Crippen MR) is 73.2 cm³/mol. The molecular weight excluding hydrogens is 238 g/mol. The first-order chi connectivity index (χ1) is 9.20. The van der Waals surface area contributed by atoms with Crippen LogP contribution in [0.15, 0.2) is 30.3 Å². The number of piperidine rings is 1. The van der Waals surface area contributed by atoms with Gasteiger partial charge in [0.25, 0.3) is 0 Å². The summed E-state index contributed by atoms with van der Waals surface area (Å²) in [5.41, 5.74) is 6.38. The van der Waals surface area contributed by atoms with Gasteiger partial charge >= 0.3 is 0 Å². The smallest absolute Gasteiger partial charge is 0.220 e. The first-order valence-electron chi connectivity index (χ1n) is 6.67. The highest BCUT2D eigenvalue weighted by Crippen LogP contribution is 2.21. The number of primary amides is 1. The molecule has 1 aromatic carbocycles. The Balaban J connectivity index is 1.91. The Kier molecular flexibility index (Phi) is 4.53. The maximum Gasteiger partial charge on any atom is 0.220 e. The summed E-state index contributed by atoms with van der Waals surface area (Å²) < 4.78 is 0. The van der Waals surface area contributed by atoms with Crippen LogP contribution in [0.2, 0.25) is 0 Å². The summed E-state index contributed by atoms with van der Waals surface area (Å²) in [5.74, 6) is -0.292. The number of nitrogens with two attached hydrogens (primary N) is 1. The predicted octanol–water partition coefficient (Wildman–Crippen LogP) is 1.49. The number of carbonyl (C=O) groups is 1. The van der Waals surface area contributed by atoms with Gasteiger partial charge < -0.3 is 10.6 Å². The Bertz CT molecular complexity index is 458. The highest BCUT2D eigenvalue weighted by Gasteiger charge is 2.25. The van der Waals surface area contributed by atoms with Crippen molar-refractivity contribution >= 4 is 5.91 Å². The molecule has 1 atom stereocenters. The number of hydrogen-bond acceptors (Lipinski definition) is 3. The third-order valence-corrected chi connectivity index (χ3v) is 3.79. The molecule has 1 aromatic rings. The van der Waals surface area contributed by atoms with E-state index in [9.17, 15) is 10.1 Å². The normalized spacial score (nSPS) is 18.7. The molecule has 0 radical (unpaired) electrons. The van der Waals surface area contributed by atoms with Gasteiger partial charge in [-0.05, 0) is 31.5 Å². The molecule has 0 bridgehead atoms. The number of rotatable bonds is 4. The lowest BCUT2D eigenvalue weighted by atomic mass is 9.94. The molecular formula is C15H19N3O. The van der Waals surface area contributed by atoms with Crippen LogP contribution in [0.25, 0.3) is 0 Å². The van der Waals surface area contributed by atoms with Crippen molar-refractivity contribution in [3.05, 3.63) is 35.9 Å². The first kappa shape index (κ1) is 13.6. The molecule has 0 aromatic heterocycles. The monoisotopic (exact) mass is 257 g/mol. The van der Waals surface area contributed by atoms with Gasteiger partial charge in [0.1, 0.15) is 0 Å². The van der Waals surface area contributed by atoms with Crippen molar-refractivity contribution in [3.8, 4) is 6.07 Å². The molecule has 4 heteroatoms. The minimum Gasteiger partial charge on any atom is -0.369 e. The first-order valence-corrected chi connectivity index (χ1v) is 6.67. The van der Waals surface area contributed by atoms with Crippen LogP contribution in [0.4, 0.5) is 0 Å². The summed E-state index contributed by atoms with van der Waals surface area (Å²) >= 11 is 0. The Morgan fingerprint density at radius 3 is 2.53 bits per heavy atom. The van der Waals surface area contributed by atoms with Crippen LogP contribution in [0.1, 0.15) is 24.3 Å². The molecule has 0 aliphatic carbocycles. The summed E-state index contributed by atoms with van der Waals surface area (Å²) in [6.45, 7) is 2.42. The minimum absolute atomic E-state index is 0.00788. The third kappa shape index (κ3) is 3.55. The highest BCUT2D eigenvalue weighted by atomic mass is 16.1. The van der Waals surface area contributed by atoms with Crippen LogP contribution in [-0.2, 0) is 4.79 Å². The second kappa shape index (κ2) is 6.35. The summed E-state index contributed by atoms with van der Waals surface area (Å²) in [6.07, 6.45) is 1.62. The highest BCUT2D eigenvalue weighted by molar-refractivity contribution is 5.76. The lowest BCUT2D eigenvalue weighted by Crippen LogP contribution is -2.40. The average Bonchev–Trinajstić information content (AvgIpc) is 2.46. The van der Waals surface area contributed by atoms with E-state index in [4.69, 9.17) is 5.73 Å². The molecule has 100 valence electrons. The van der Waals surface area contributed by atoms with Gasteiger partial charge in [0.15, 0.2) is 0 Å². The molecule has 4 nitrogen and oxygen atoms in total. The van der Waals surface area contributed by atoms with E-state index in [2.05, 4.69) is 11.0 Å². The fourth-order valence-electron chi connectivity index (χ4n) is 2.56. The zero-order chi connectivity index (χ0) is 13.7. The van der Waals surface area contributed by atoms with E-state index < -0.39 is 0 Å². The van der Waals surface area contributed by atoms with Gasteiger partial charge in [-0.25, -0.2) is 0 Å². The van der Waals surface area contributed by atoms with E-state index in [0.29, 0.717) is 0 Å². The molecule has 1 amide bonds. The van der Waals surface area contributed by atoms with Gasteiger partial charge in [-0.3, -0.25) is 4.79 Å². The zero-order valence-electron chi connectivity index (χ0n) is 11.0. The second-order valence-electron chi connectivity index (χ2n) is 5.07. The number of hydrogen-bond donors (Lipinski definition) is 1. The van der Waals surface area contributed by atoms with Crippen LogP contribution in [-0.4, -0.2) is 30.4 Å². The van der Waals surface area contributed by atoms with Gasteiger partial charge in [-0.2, -0.15) is 5.26 Å². The number of benzene rings is 1. The van der Waals surface area contributed by atoms with Crippen LogP contribution in [0, 0.1) is 17.2 Å². The lowest BCUT2D eigenvalue weighted by Gasteiger charge is -2.31. The second-order valence-corrected chi connectivity index (χ2v) is 5.07. The number of nitriles is 1. The molecule has 1 aliphatic rings. The molecule has 2 N–H and O–H groups in total. The average molecular weight is 257 g/mol. The molecule has 1 unspecified atom stereocenters. The van der Waals surface area contributed by atoms with E-state index in [1.807, 2.05) is 30.3 Å². The fourth-order valence-corrected chi connectivity index (χ4v) is 2.56. The Morgan fingerprint density at radius 1 is 1.37 bits per heavy atom. The number of nitrogens with zero attached hydrogens (tertiary/aromatic N) is 2. The molecule has 2 rings (SSSR count). The van der Waals surface area contributed by atoms with E-state index in [-0.39, 0.29) is 17.7 Å². The molecule has 19 heavy (non-hydrogen) atoms. The fraction of sp³-hybridized carbons (Fsp3) is 0.467. The van der Waals surface area contributed by atoms with Crippen molar-refractivity contribution < 1.29 is 4.79 Å². The van der Waals surface area contributed by atoms with Crippen LogP contribution < -0.4 is 5.73 Å². The van der Waals surface area contributed by atoms with Crippen molar-refractivity contribution in [1.29, 1.82) is 5.26 Å². The summed E-state index contributed by atoms with van der Waals surface area (Å²) in [4.78, 5) is 13.4. The van der Waals surface area contributed by atoms with E-state index >= 15 is 0 Å². The van der Waals surface area contributed by atoms with Gasteiger partial charge in [-0.1, -0.05) is 30.3 Å². The van der Waals surface area contributed by atoms with E-state index in [1.54, 1.807) is 0 Å². The lowest BCUT2D eigenvalue weighted by molar-refractivity contribution is -0.123. The maximum atomic E-state index is 11.1. The Morgan fingerprint density at radius 2 is 2.00 bits per heavy atom. The Hall–Kier alpha value is -1.86. The summed E-state index contributed by atoms with van der Waals surface area (Å²) in [6, 6.07) is 12.2. The van der Waals surface area contributed by atoms with Crippen LogP contribution in [0.5, 0.6) is 0 Å². The van der Waals surface area contributed by atoms with Gasteiger partial charge in [-0.15, -0.1) is 0 Å². The zero-order valence-corrected chi connectivity index (χ0v) is 11.0. The minimum atomic E-state index is -0.195. The topological polar surface area (TPSA) is 70.1 Å². The largest absolute Gasteiger partial charge is 0.369 e. The number of likely N-dealkylation sites (tertiary alicyclic amines) is 1. The van der Waals surface area contributed by atoms with Crippen LogP contribution in [0.3, 0.4) is 0 Å². The van der Waals surface area contributed by atoms with Gasteiger partial charge in [0.05, 0.1) is 12.0 Å². The van der Waals surface area contributed by atoms with E-state index in [1.165, 1.54) is 0 Å². The third-order valence-electron chi connectivity index (χ3n) is 3.79. The van der Waals surface area contributed by atoms with Crippen LogP contribution >= 0.6 is 0 Å². The quantitative estimate of drug-likeness (QED) is 0.888. The summed E-state index contributed by atoms with van der Waals surface area (Å²) in [5, 5.41) is 9.30. The van der Waals surface area contributed by atoms with Gasteiger partial charge in [0.2, 0.25) is 5.91 Å². The van der Waals surface area contributed by atoms with Crippen molar-refractivity contribution in [1.82, 2.24) is 4.90 Å². The van der Waals surface area contributed by atoms with Crippen molar-refractivity contribution in [2.24, 2.45) is 11.7 Å². The maximum absolute atomic E-state index is 11.1. The SMILES string of the molecule is N#CC(CN1CCC(C(N)=O)CC1)c1ccccc1.